The van der Waals surface area contributed by atoms with Crippen molar-refractivity contribution >= 4 is 29.1 Å². The third-order valence-corrected chi connectivity index (χ3v) is 5.71. The molecule has 0 bridgehead atoms. The number of hydrogen-bond donors (Lipinski definition) is 3. The van der Waals surface area contributed by atoms with E-state index in [0.29, 0.717) is 24.5 Å². The number of aryl methyl sites for hydroxylation is 1. The Kier molecular flexibility index (Phi) is 5.37. The second kappa shape index (κ2) is 8.03. The van der Waals surface area contributed by atoms with E-state index in [2.05, 4.69) is 26.0 Å². The van der Waals surface area contributed by atoms with Crippen LogP contribution in [0.15, 0.2) is 34.9 Å². The van der Waals surface area contributed by atoms with Crippen molar-refractivity contribution in [3.8, 4) is 0 Å². The molecule has 0 saturated heterocycles. The molecular weight excluding hydrogens is 410 g/mol. The summed E-state index contributed by atoms with van der Waals surface area (Å²) in [4.78, 5) is 29.4. The topological polar surface area (TPSA) is 119 Å². The Hall–Kier alpha value is -3.82. The number of fused-ring (bicyclic) bond motifs is 1. The highest BCUT2D eigenvalue weighted by atomic mass is 16.5. The quantitative estimate of drug-likeness (QED) is 0.561. The standard InChI is InChI=1S/C22H27N7O3/c1-6-13-11-16(27-32-13)20(30)24-19-14-12-29(22(2,3)18(14)25-26-19)21(31)23-15-9-7-8-10-17(15)28(4)5/h7-11H,6,12H2,1-5H3,(H,23,31)(H2,24,25,26,30). The molecule has 1 aliphatic rings. The van der Waals surface area contributed by atoms with Crippen molar-refractivity contribution in [1.29, 1.82) is 0 Å². The van der Waals surface area contributed by atoms with Gasteiger partial charge in [-0.1, -0.05) is 24.2 Å². The van der Waals surface area contributed by atoms with Gasteiger partial charge in [-0.05, 0) is 26.0 Å². The molecule has 0 aliphatic carbocycles. The zero-order valence-corrected chi connectivity index (χ0v) is 18.8. The molecule has 0 unspecified atom stereocenters. The maximum Gasteiger partial charge on any atom is 0.322 e. The fraction of sp³-hybridized carbons (Fsp3) is 0.364. The van der Waals surface area contributed by atoms with E-state index in [1.165, 1.54) is 0 Å². The van der Waals surface area contributed by atoms with Crippen LogP contribution in [0, 0.1) is 0 Å². The molecule has 10 heteroatoms. The van der Waals surface area contributed by atoms with E-state index in [9.17, 15) is 9.59 Å². The van der Waals surface area contributed by atoms with Gasteiger partial charge in [-0.15, -0.1) is 0 Å². The summed E-state index contributed by atoms with van der Waals surface area (Å²) >= 11 is 0. The smallest absolute Gasteiger partial charge is 0.322 e. The van der Waals surface area contributed by atoms with E-state index in [1.54, 1.807) is 11.0 Å². The minimum atomic E-state index is -0.647. The van der Waals surface area contributed by atoms with Crippen LogP contribution in [0.3, 0.4) is 0 Å². The third-order valence-electron chi connectivity index (χ3n) is 5.71. The average molecular weight is 438 g/mol. The second-order valence-electron chi connectivity index (χ2n) is 8.40. The Morgan fingerprint density at radius 2 is 2.00 bits per heavy atom. The number of benzene rings is 1. The number of H-pyrrole nitrogens is 1. The lowest BCUT2D eigenvalue weighted by atomic mass is 10.0. The minimum absolute atomic E-state index is 0.186. The zero-order valence-electron chi connectivity index (χ0n) is 18.8. The maximum atomic E-state index is 13.2. The van der Waals surface area contributed by atoms with Gasteiger partial charge in [0.1, 0.15) is 5.76 Å². The molecule has 0 spiro atoms. The van der Waals surface area contributed by atoms with Gasteiger partial charge in [0.15, 0.2) is 11.5 Å². The van der Waals surface area contributed by atoms with Crippen molar-refractivity contribution < 1.29 is 14.1 Å². The second-order valence-corrected chi connectivity index (χ2v) is 8.40. The van der Waals surface area contributed by atoms with Crippen LogP contribution in [0.25, 0.3) is 0 Å². The van der Waals surface area contributed by atoms with Gasteiger partial charge in [0, 0.05) is 32.1 Å². The van der Waals surface area contributed by atoms with Crippen LogP contribution in [-0.4, -0.2) is 46.3 Å². The number of nitrogens with zero attached hydrogens (tertiary/aromatic N) is 4. The molecule has 2 aromatic heterocycles. The molecule has 0 fully saturated rings. The summed E-state index contributed by atoms with van der Waals surface area (Å²) in [6.07, 6.45) is 0.646. The molecule has 3 N–H and O–H groups in total. The van der Waals surface area contributed by atoms with Gasteiger partial charge in [0.05, 0.1) is 29.2 Å². The largest absolute Gasteiger partial charge is 0.376 e. The van der Waals surface area contributed by atoms with E-state index < -0.39 is 11.4 Å². The maximum absolute atomic E-state index is 13.2. The van der Waals surface area contributed by atoms with Gasteiger partial charge in [0.2, 0.25) is 0 Å². The highest BCUT2D eigenvalue weighted by Gasteiger charge is 2.44. The molecule has 4 rings (SSSR count). The number of aromatic nitrogens is 3. The van der Waals surface area contributed by atoms with Crippen molar-refractivity contribution in [2.24, 2.45) is 0 Å². The number of para-hydroxylation sites is 2. The fourth-order valence-electron chi connectivity index (χ4n) is 3.86. The van der Waals surface area contributed by atoms with Gasteiger partial charge in [-0.25, -0.2) is 4.79 Å². The number of amides is 3. The van der Waals surface area contributed by atoms with E-state index in [1.807, 2.05) is 64.0 Å². The van der Waals surface area contributed by atoms with Crippen LogP contribution >= 0.6 is 0 Å². The first-order valence-electron chi connectivity index (χ1n) is 10.4. The predicted octanol–water partition coefficient (Wildman–Crippen LogP) is 3.56. The summed E-state index contributed by atoms with van der Waals surface area (Å²) in [6, 6.07) is 8.98. The Balaban J connectivity index is 1.53. The van der Waals surface area contributed by atoms with Crippen LogP contribution in [0.2, 0.25) is 0 Å². The van der Waals surface area contributed by atoms with Crippen molar-refractivity contribution in [3.63, 3.8) is 0 Å². The Morgan fingerprint density at radius 3 is 2.69 bits per heavy atom. The third kappa shape index (κ3) is 3.68. The lowest BCUT2D eigenvalue weighted by Gasteiger charge is -2.32. The molecule has 0 atom stereocenters. The van der Waals surface area contributed by atoms with Gasteiger partial charge in [-0.3, -0.25) is 9.89 Å². The summed E-state index contributed by atoms with van der Waals surface area (Å²) < 4.78 is 5.11. The number of rotatable bonds is 5. The predicted molar refractivity (Wildman–Crippen MR) is 121 cm³/mol. The molecule has 0 radical (unpaired) electrons. The van der Waals surface area contributed by atoms with Crippen molar-refractivity contribution in [3.05, 3.63) is 53.0 Å². The molecule has 3 amide bonds. The average Bonchev–Trinajstić information content (AvgIpc) is 3.45. The Bertz CT molecular complexity index is 1160. The van der Waals surface area contributed by atoms with E-state index in [0.717, 1.165) is 22.6 Å². The van der Waals surface area contributed by atoms with E-state index >= 15 is 0 Å². The van der Waals surface area contributed by atoms with Gasteiger partial charge < -0.3 is 25.0 Å². The molecule has 1 aliphatic heterocycles. The first kappa shape index (κ1) is 21.4. The minimum Gasteiger partial charge on any atom is -0.376 e. The number of carbonyl (C=O) groups is 2. The first-order valence-corrected chi connectivity index (χ1v) is 10.4. The summed E-state index contributed by atoms with van der Waals surface area (Å²) in [6.45, 7) is 6.08. The first-order chi connectivity index (χ1) is 15.2. The van der Waals surface area contributed by atoms with Gasteiger partial charge in [-0.2, -0.15) is 5.10 Å². The molecule has 32 heavy (non-hydrogen) atoms. The SMILES string of the molecule is CCc1cc(C(=O)Nc2n[nH]c3c2CN(C(=O)Nc2ccccc2N(C)C)C3(C)C)no1. The lowest BCUT2D eigenvalue weighted by Crippen LogP contribution is -2.43. The van der Waals surface area contributed by atoms with Crippen molar-refractivity contribution in [2.75, 3.05) is 29.6 Å². The Morgan fingerprint density at radius 1 is 1.25 bits per heavy atom. The Labute approximate surface area is 185 Å². The number of nitrogens with one attached hydrogen (secondary N) is 3. The van der Waals surface area contributed by atoms with Gasteiger partial charge in [0.25, 0.3) is 5.91 Å². The van der Waals surface area contributed by atoms with Crippen LogP contribution in [-0.2, 0) is 18.5 Å². The van der Waals surface area contributed by atoms with Crippen molar-refractivity contribution in [1.82, 2.24) is 20.3 Å². The lowest BCUT2D eigenvalue weighted by molar-refractivity contribution is 0.101. The number of anilines is 3. The summed E-state index contributed by atoms with van der Waals surface area (Å²) in [5.74, 6) is 0.593. The van der Waals surface area contributed by atoms with Gasteiger partial charge >= 0.3 is 6.03 Å². The molecular formula is C22H27N7O3. The fourth-order valence-corrected chi connectivity index (χ4v) is 3.86. The van der Waals surface area contributed by atoms with Crippen molar-refractivity contribution in [2.45, 2.75) is 39.3 Å². The number of carbonyl (C=O) groups excluding carboxylic acids is 2. The monoisotopic (exact) mass is 437 g/mol. The highest BCUT2D eigenvalue weighted by molar-refractivity contribution is 6.03. The van der Waals surface area contributed by atoms with Crippen LogP contribution < -0.4 is 15.5 Å². The van der Waals surface area contributed by atoms with Crippen LogP contribution in [0.1, 0.15) is 48.3 Å². The van der Waals surface area contributed by atoms with E-state index in [-0.39, 0.29) is 11.7 Å². The zero-order chi connectivity index (χ0) is 23.0. The molecule has 3 aromatic rings. The summed E-state index contributed by atoms with van der Waals surface area (Å²) in [5, 5.41) is 16.8. The van der Waals surface area contributed by atoms with Crippen LogP contribution in [0.5, 0.6) is 0 Å². The highest BCUT2D eigenvalue weighted by Crippen LogP contribution is 2.41. The molecule has 3 heterocycles. The number of hydrogen-bond acceptors (Lipinski definition) is 6. The summed E-state index contributed by atoms with van der Waals surface area (Å²) in [7, 11) is 3.85. The number of urea groups is 1. The normalized spacial score (nSPS) is 14.2. The van der Waals surface area contributed by atoms with Crippen LogP contribution in [0.4, 0.5) is 22.0 Å². The van der Waals surface area contributed by atoms with E-state index in [4.69, 9.17) is 4.52 Å². The molecule has 168 valence electrons. The molecule has 10 nitrogen and oxygen atoms in total. The summed E-state index contributed by atoms with van der Waals surface area (Å²) in [5.41, 5.74) is 2.71. The number of aromatic amines is 1. The molecule has 0 saturated carbocycles. The molecule has 1 aromatic carbocycles.